The van der Waals surface area contributed by atoms with Crippen LogP contribution in [0.2, 0.25) is 0 Å². The third-order valence-corrected chi connectivity index (χ3v) is 6.77. The number of aliphatic hydroxyl groups is 1. The highest BCUT2D eigenvalue weighted by atomic mass is 16.3. The zero-order valence-corrected chi connectivity index (χ0v) is 17.9. The molecule has 1 fully saturated rings. The number of amides is 1. The molecule has 1 amide bonds. The van der Waals surface area contributed by atoms with E-state index in [1.54, 1.807) is 0 Å². The van der Waals surface area contributed by atoms with Crippen LogP contribution in [0, 0.1) is 11.3 Å². The van der Waals surface area contributed by atoms with Gasteiger partial charge in [-0.2, -0.15) is 0 Å². The van der Waals surface area contributed by atoms with Crippen LogP contribution in [-0.2, 0) is 12.8 Å². The average Bonchev–Trinajstić information content (AvgIpc) is 2.71. The number of hydrogen-bond donors (Lipinski definition) is 1. The molecule has 2 aromatic rings. The molecule has 0 radical (unpaired) electrons. The molecule has 1 aliphatic carbocycles. The van der Waals surface area contributed by atoms with Gasteiger partial charge in [0.05, 0.1) is 17.7 Å². The highest BCUT2D eigenvalue weighted by Crippen LogP contribution is 2.39. The van der Waals surface area contributed by atoms with Crippen molar-refractivity contribution in [3.05, 3.63) is 41.1 Å². The highest BCUT2D eigenvalue weighted by molar-refractivity contribution is 6.07. The second kappa shape index (κ2) is 8.04. The number of β-amino-alcohol motifs (C(OH)–C–C–N with tert-alkyl or cyclic N) is 1. The van der Waals surface area contributed by atoms with Gasteiger partial charge in [-0.15, -0.1) is 0 Å². The number of rotatable bonds is 3. The number of aryl methyl sites for hydroxylation is 1. The predicted octanol–water partition coefficient (Wildman–Crippen LogP) is 3.14. The second-order valence-corrected chi connectivity index (χ2v) is 9.59. The number of aromatic nitrogens is 1. The Morgan fingerprint density at radius 2 is 1.90 bits per heavy atom. The minimum Gasteiger partial charge on any atom is -0.395 e. The van der Waals surface area contributed by atoms with Crippen molar-refractivity contribution in [1.29, 1.82) is 0 Å². The van der Waals surface area contributed by atoms with E-state index in [0.29, 0.717) is 25.6 Å². The lowest BCUT2D eigenvalue weighted by molar-refractivity contribution is 0.0614. The maximum atomic E-state index is 13.7. The Bertz CT molecular complexity index is 895. The standard InChI is InChI=1S/C24H33N3O2/c1-24(2,3)17-8-9-21-19(16-17)22(18-6-4-5-7-20(18)25-21)23(29)27-12-10-26(11-13-27)14-15-28/h4-7,17,28H,8-16H2,1-3H3. The Morgan fingerprint density at radius 1 is 1.17 bits per heavy atom. The van der Waals surface area contributed by atoms with E-state index in [0.717, 1.165) is 54.5 Å². The van der Waals surface area contributed by atoms with E-state index in [9.17, 15) is 9.90 Å². The van der Waals surface area contributed by atoms with Crippen LogP contribution in [0.4, 0.5) is 0 Å². The summed E-state index contributed by atoms with van der Waals surface area (Å²) in [6, 6.07) is 8.10. The zero-order valence-electron chi connectivity index (χ0n) is 17.9. The Morgan fingerprint density at radius 3 is 2.59 bits per heavy atom. The summed E-state index contributed by atoms with van der Waals surface area (Å²) in [7, 11) is 0. The zero-order chi connectivity index (χ0) is 20.6. The van der Waals surface area contributed by atoms with Gasteiger partial charge in [0.25, 0.3) is 5.91 Å². The number of piperazine rings is 1. The molecule has 4 rings (SSSR count). The Labute approximate surface area is 173 Å². The molecular weight excluding hydrogens is 362 g/mol. The summed E-state index contributed by atoms with van der Waals surface area (Å²) in [6.07, 6.45) is 3.02. The number of carbonyl (C=O) groups is 1. The van der Waals surface area contributed by atoms with E-state index in [2.05, 4.69) is 31.7 Å². The summed E-state index contributed by atoms with van der Waals surface area (Å²) in [6.45, 7) is 10.8. The van der Waals surface area contributed by atoms with E-state index >= 15 is 0 Å². The molecule has 156 valence electrons. The van der Waals surface area contributed by atoms with Gasteiger partial charge in [-0.25, -0.2) is 0 Å². The lowest BCUT2D eigenvalue weighted by atomic mass is 9.70. The van der Waals surface area contributed by atoms with E-state index in [1.807, 2.05) is 23.1 Å². The molecule has 0 spiro atoms. The highest BCUT2D eigenvalue weighted by Gasteiger charge is 2.34. The van der Waals surface area contributed by atoms with Gasteiger partial charge in [0.15, 0.2) is 0 Å². The monoisotopic (exact) mass is 395 g/mol. The number of carbonyl (C=O) groups excluding carboxylic acids is 1. The average molecular weight is 396 g/mol. The molecule has 1 saturated heterocycles. The maximum absolute atomic E-state index is 13.7. The fraction of sp³-hybridized carbons (Fsp3) is 0.583. The Balaban J connectivity index is 1.72. The summed E-state index contributed by atoms with van der Waals surface area (Å²) in [5, 5.41) is 10.2. The van der Waals surface area contributed by atoms with Gasteiger partial charge in [-0.05, 0) is 42.2 Å². The summed E-state index contributed by atoms with van der Waals surface area (Å²) >= 11 is 0. The van der Waals surface area contributed by atoms with Crippen molar-refractivity contribution in [1.82, 2.24) is 14.8 Å². The number of nitrogens with zero attached hydrogens (tertiary/aromatic N) is 3. The first-order valence-corrected chi connectivity index (χ1v) is 10.9. The van der Waals surface area contributed by atoms with Gasteiger partial charge >= 0.3 is 0 Å². The number of benzene rings is 1. The van der Waals surface area contributed by atoms with Gasteiger partial charge < -0.3 is 10.0 Å². The fourth-order valence-corrected chi connectivity index (χ4v) is 4.85. The molecule has 1 aromatic heterocycles. The largest absolute Gasteiger partial charge is 0.395 e. The predicted molar refractivity (Wildman–Crippen MR) is 116 cm³/mol. The molecule has 1 atom stereocenters. The normalized spacial score (nSPS) is 20.7. The summed E-state index contributed by atoms with van der Waals surface area (Å²) in [5.74, 6) is 0.712. The fourth-order valence-electron chi connectivity index (χ4n) is 4.85. The van der Waals surface area contributed by atoms with Gasteiger partial charge in [-0.3, -0.25) is 14.7 Å². The second-order valence-electron chi connectivity index (χ2n) is 9.59. The topological polar surface area (TPSA) is 56.7 Å². The minimum absolute atomic E-state index is 0.151. The van der Waals surface area contributed by atoms with Crippen molar-refractivity contribution < 1.29 is 9.90 Å². The van der Waals surface area contributed by atoms with Gasteiger partial charge in [-0.1, -0.05) is 39.0 Å². The van der Waals surface area contributed by atoms with Crippen molar-refractivity contribution in [2.24, 2.45) is 11.3 Å². The van der Waals surface area contributed by atoms with Crippen molar-refractivity contribution in [3.8, 4) is 0 Å². The molecule has 1 N–H and O–H groups in total. The van der Waals surface area contributed by atoms with Crippen LogP contribution >= 0.6 is 0 Å². The minimum atomic E-state index is 0.151. The van der Waals surface area contributed by atoms with Crippen LogP contribution in [-0.4, -0.2) is 65.1 Å². The number of pyridine rings is 1. The molecule has 5 heteroatoms. The van der Waals surface area contributed by atoms with Crippen molar-refractivity contribution in [2.75, 3.05) is 39.3 Å². The molecule has 1 aromatic carbocycles. The molecule has 2 heterocycles. The lowest BCUT2D eigenvalue weighted by Crippen LogP contribution is -2.49. The van der Waals surface area contributed by atoms with Crippen molar-refractivity contribution >= 4 is 16.8 Å². The van der Waals surface area contributed by atoms with E-state index in [4.69, 9.17) is 4.98 Å². The van der Waals surface area contributed by atoms with E-state index < -0.39 is 0 Å². The first-order valence-electron chi connectivity index (χ1n) is 10.9. The van der Waals surface area contributed by atoms with Gasteiger partial charge in [0.1, 0.15) is 0 Å². The molecule has 5 nitrogen and oxygen atoms in total. The van der Waals surface area contributed by atoms with E-state index in [-0.39, 0.29) is 17.9 Å². The SMILES string of the molecule is CC(C)(C)C1CCc2nc3ccccc3c(C(=O)N3CCN(CCO)CC3)c2C1. The number of aliphatic hydroxyl groups excluding tert-OH is 1. The molecule has 29 heavy (non-hydrogen) atoms. The number of hydrogen-bond acceptors (Lipinski definition) is 4. The molecule has 2 aliphatic rings. The first-order chi connectivity index (χ1) is 13.9. The molecule has 0 bridgehead atoms. The van der Waals surface area contributed by atoms with Crippen molar-refractivity contribution in [3.63, 3.8) is 0 Å². The number of para-hydroxylation sites is 1. The molecular formula is C24H33N3O2. The van der Waals surface area contributed by atoms with Gasteiger partial charge in [0.2, 0.25) is 0 Å². The van der Waals surface area contributed by atoms with Crippen molar-refractivity contribution in [2.45, 2.75) is 40.0 Å². The lowest BCUT2D eigenvalue weighted by Gasteiger charge is -2.37. The van der Waals surface area contributed by atoms with Crippen LogP contribution in [0.5, 0.6) is 0 Å². The van der Waals surface area contributed by atoms with Crippen LogP contribution < -0.4 is 0 Å². The van der Waals surface area contributed by atoms with Crippen LogP contribution in [0.3, 0.4) is 0 Å². The molecule has 0 saturated carbocycles. The van der Waals surface area contributed by atoms with Crippen LogP contribution in [0.25, 0.3) is 10.9 Å². The first kappa shape index (κ1) is 20.3. The maximum Gasteiger partial charge on any atom is 0.254 e. The smallest absolute Gasteiger partial charge is 0.254 e. The Kier molecular flexibility index (Phi) is 5.63. The Hall–Kier alpha value is -1.98. The summed E-state index contributed by atoms with van der Waals surface area (Å²) in [5.41, 5.74) is 4.33. The number of fused-ring (bicyclic) bond motifs is 2. The summed E-state index contributed by atoms with van der Waals surface area (Å²) in [4.78, 5) is 22.9. The molecule has 1 unspecified atom stereocenters. The van der Waals surface area contributed by atoms with E-state index in [1.165, 1.54) is 5.56 Å². The van der Waals surface area contributed by atoms with Gasteiger partial charge in [0, 0.05) is 43.8 Å². The third kappa shape index (κ3) is 4.03. The van der Waals surface area contributed by atoms with Crippen LogP contribution in [0.15, 0.2) is 24.3 Å². The molecule has 1 aliphatic heterocycles. The third-order valence-electron chi connectivity index (χ3n) is 6.77. The van der Waals surface area contributed by atoms with Crippen LogP contribution in [0.1, 0.15) is 48.8 Å². The summed E-state index contributed by atoms with van der Waals surface area (Å²) < 4.78 is 0. The quantitative estimate of drug-likeness (QED) is 0.868.